The van der Waals surface area contributed by atoms with Crippen LogP contribution in [0.4, 0.5) is 0 Å². The van der Waals surface area contributed by atoms with Gasteiger partial charge >= 0.3 is 14.5 Å². The number of carbonyl (C=O) groups excluding carboxylic acids is 1. The second-order valence-corrected chi connectivity index (χ2v) is 13.8. The summed E-state index contributed by atoms with van der Waals surface area (Å²) < 4.78 is 21.9. The van der Waals surface area contributed by atoms with Gasteiger partial charge < -0.3 is 18.0 Å². The average Bonchev–Trinajstić information content (AvgIpc) is 2.25. The number of hydrogen-bond acceptors (Lipinski definition) is 5. The van der Waals surface area contributed by atoms with Gasteiger partial charge in [-0.15, -0.1) is 0 Å². The smallest absolute Gasteiger partial charge is 0.324 e. The number of rotatable bonds is 10. The second-order valence-electron chi connectivity index (χ2n) is 5.61. The molecule has 0 saturated heterocycles. The lowest BCUT2D eigenvalue weighted by molar-refractivity contribution is -0.142. The minimum absolute atomic E-state index is 0.272. The topological polar surface area (TPSA) is 54.0 Å². The Bertz CT molecular complexity index is 267. The van der Waals surface area contributed by atoms with Crippen LogP contribution in [0.3, 0.4) is 0 Å². The zero-order valence-corrected chi connectivity index (χ0v) is 15.1. The summed E-state index contributed by atoms with van der Waals surface area (Å²) in [6.07, 6.45) is 0.904. The first-order valence-corrected chi connectivity index (χ1v) is 12.6. The SMILES string of the molecule is CO[Si](C)(CCCOCCOC(C)=O)O[Si](C)(C)C. The third-order valence-corrected chi connectivity index (χ3v) is 8.71. The van der Waals surface area contributed by atoms with E-state index < -0.39 is 16.9 Å². The highest BCUT2D eigenvalue weighted by Crippen LogP contribution is 2.20. The molecule has 0 saturated carbocycles. The van der Waals surface area contributed by atoms with E-state index in [4.69, 9.17) is 18.0 Å². The Morgan fingerprint density at radius 3 is 2.16 bits per heavy atom. The Morgan fingerprint density at radius 1 is 1.05 bits per heavy atom. The highest BCUT2D eigenvalue weighted by molar-refractivity contribution is 6.81. The molecular weight excluding hydrogens is 280 g/mol. The second kappa shape index (κ2) is 8.86. The van der Waals surface area contributed by atoms with Crippen molar-refractivity contribution in [2.45, 2.75) is 45.6 Å². The Morgan fingerprint density at radius 2 is 1.68 bits per heavy atom. The lowest BCUT2D eigenvalue weighted by Crippen LogP contribution is -2.46. The molecule has 0 aliphatic rings. The fourth-order valence-corrected chi connectivity index (χ4v) is 8.60. The van der Waals surface area contributed by atoms with Crippen LogP contribution >= 0.6 is 0 Å². The van der Waals surface area contributed by atoms with Crippen LogP contribution in [0.15, 0.2) is 0 Å². The fraction of sp³-hybridized carbons (Fsp3) is 0.917. The molecule has 0 aliphatic heterocycles. The normalized spacial score (nSPS) is 15.1. The van der Waals surface area contributed by atoms with E-state index in [1.807, 2.05) is 0 Å². The van der Waals surface area contributed by atoms with Gasteiger partial charge in [-0.2, -0.15) is 0 Å². The summed E-state index contributed by atoms with van der Waals surface area (Å²) in [7, 11) is -1.89. The van der Waals surface area contributed by atoms with Crippen LogP contribution in [0.1, 0.15) is 13.3 Å². The molecule has 19 heavy (non-hydrogen) atoms. The minimum Gasteiger partial charge on any atom is -0.463 e. The van der Waals surface area contributed by atoms with Gasteiger partial charge in [-0.25, -0.2) is 0 Å². The monoisotopic (exact) mass is 308 g/mol. The number of hydrogen-bond donors (Lipinski definition) is 0. The van der Waals surface area contributed by atoms with E-state index in [-0.39, 0.29) is 5.97 Å². The molecule has 0 bridgehead atoms. The maximum atomic E-state index is 10.5. The van der Waals surface area contributed by atoms with E-state index in [1.165, 1.54) is 6.92 Å². The summed E-state index contributed by atoms with van der Waals surface area (Å²) in [6, 6.07) is 0.918. The van der Waals surface area contributed by atoms with Crippen LogP contribution in [0, 0.1) is 0 Å². The summed E-state index contributed by atoms with van der Waals surface area (Å²) in [5.41, 5.74) is 0. The molecule has 0 N–H and O–H groups in total. The van der Waals surface area contributed by atoms with Gasteiger partial charge in [0.1, 0.15) is 6.61 Å². The van der Waals surface area contributed by atoms with Gasteiger partial charge in [-0.1, -0.05) is 0 Å². The maximum absolute atomic E-state index is 10.5. The van der Waals surface area contributed by atoms with Crippen molar-refractivity contribution in [3.05, 3.63) is 0 Å². The Balaban J connectivity index is 3.75. The minimum atomic E-state index is -2.05. The van der Waals surface area contributed by atoms with Crippen molar-refractivity contribution in [2.75, 3.05) is 26.9 Å². The van der Waals surface area contributed by atoms with Crippen LogP contribution in [0.2, 0.25) is 32.2 Å². The van der Waals surface area contributed by atoms with Crippen LogP contribution in [0.5, 0.6) is 0 Å². The first-order valence-electron chi connectivity index (χ1n) is 6.65. The zero-order chi connectivity index (χ0) is 14.9. The highest BCUT2D eigenvalue weighted by atomic mass is 28.4. The van der Waals surface area contributed by atoms with Crippen molar-refractivity contribution in [2.24, 2.45) is 0 Å². The van der Waals surface area contributed by atoms with Crippen molar-refractivity contribution in [3.63, 3.8) is 0 Å². The summed E-state index contributed by atoms with van der Waals surface area (Å²) >= 11 is 0. The van der Waals surface area contributed by atoms with Gasteiger partial charge in [0.2, 0.25) is 0 Å². The van der Waals surface area contributed by atoms with Gasteiger partial charge in [0, 0.05) is 20.6 Å². The van der Waals surface area contributed by atoms with Crippen molar-refractivity contribution in [3.8, 4) is 0 Å². The third kappa shape index (κ3) is 11.3. The van der Waals surface area contributed by atoms with Crippen molar-refractivity contribution >= 4 is 22.8 Å². The number of carbonyl (C=O) groups is 1. The van der Waals surface area contributed by atoms with Gasteiger partial charge in [0.25, 0.3) is 0 Å². The van der Waals surface area contributed by atoms with Crippen LogP contribution in [-0.2, 0) is 22.8 Å². The van der Waals surface area contributed by atoms with Gasteiger partial charge in [-0.05, 0) is 38.7 Å². The molecule has 0 rings (SSSR count). The molecule has 0 fully saturated rings. The molecule has 0 amide bonds. The molecule has 7 heteroatoms. The molecule has 0 spiro atoms. The van der Waals surface area contributed by atoms with Crippen molar-refractivity contribution in [1.82, 2.24) is 0 Å². The Hall–Kier alpha value is -0.216. The molecule has 0 aromatic rings. The Kier molecular flexibility index (Phi) is 8.76. The fourth-order valence-electron chi connectivity index (χ4n) is 1.68. The standard InChI is InChI=1S/C12H28O5Si2/c1-12(13)16-10-9-15-8-7-11-19(6,14-2)17-18(3,4)5/h7-11H2,1-6H3. The molecule has 114 valence electrons. The molecule has 5 nitrogen and oxygen atoms in total. The lowest BCUT2D eigenvalue weighted by atomic mass is 10.5. The molecule has 0 aliphatic carbocycles. The maximum Gasteiger partial charge on any atom is 0.324 e. The molecule has 0 heterocycles. The Labute approximate surface area is 119 Å². The average molecular weight is 309 g/mol. The van der Waals surface area contributed by atoms with Crippen molar-refractivity contribution < 1.29 is 22.8 Å². The summed E-state index contributed by atoms with van der Waals surface area (Å²) in [5.74, 6) is -0.272. The quantitative estimate of drug-likeness (QED) is 0.353. The highest BCUT2D eigenvalue weighted by Gasteiger charge is 2.34. The largest absolute Gasteiger partial charge is 0.463 e. The predicted octanol–water partition coefficient (Wildman–Crippen LogP) is 2.53. The summed E-state index contributed by atoms with van der Waals surface area (Å²) in [5, 5.41) is 0. The van der Waals surface area contributed by atoms with E-state index in [1.54, 1.807) is 7.11 Å². The van der Waals surface area contributed by atoms with E-state index in [0.717, 1.165) is 12.5 Å². The third-order valence-electron chi connectivity index (χ3n) is 2.41. The molecule has 0 aromatic carbocycles. The molecular formula is C12H28O5Si2. The number of esters is 1. The van der Waals surface area contributed by atoms with Gasteiger partial charge in [0.15, 0.2) is 8.32 Å². The van der Waals surface area contributed by atoms with E-state index in [0.29, 0.717) is 19.8 Å². The first kappa shape index (κ1) is 18.8. The number of ether oxygens (including phenoxy) is 2. The molecule has 0 radical (unpaired) electrons. The predicted molar refractivity (Wildman–Crippen MR) is 79.9 cm³/mol. The molecule has 1 unspecified atom stereocenters. The van der Waals surface area contributed by atoms with E-state index >= 15 is 0 Å². The summed E-state index contributed by atoms with van der Waals surface area (Å²) in [4.78, 5) is 10.5. The zero-order valence-electron chi connectivity index (χ0n) is 13.1. The summed E-state index contributed by atoms with van der Waals surface area (Å²) in [6.45, 7) is 11.4. The first-order chi connectivity index (χ1) is 8.68. The van der Waals surface area contributed by atoms with E-state index in [9.17, 15) is 4.79 Å². The van der Waals surface area contributed by atoms with Crippen LogP contribution in [0.25, 0.3) is 0 Å². The van der Waals surface area contributed by atoms with Gasteiger partial charge in [0.05, 0.1) is 6.61 Å². The van der Waals surface area contributed by atoms with Crippen LogP contribution in [-0.4, -0.2) is 49.8 Å². The molecule has 0 aromatic heterocycles. The molecule has 1 atom stereocenters. The lowest BCUT2D eigenvalue weighted by Gasteiger charge is -2.32. The van der Waals surface area contributed by atoms with E-state index in [2.05, 4.69) is 26.2 Å². The van der Waals surface area contributed by atoms with Crippen LogP contribution < -0.4 is 0 Å². The van der Waals surface area contributed by atoms with Gasteiger partial charge in [-0.3, -0.25) is 4.79 Å². The van der Waals surface area contributed by atoms with Crippen molar-refractivity contribution in [1.29, 1.82) is 0 Å².